The van der Waals surface area contributed by atoms with Crippen molar-refractivity contribution in [2.75, 3.05) is 20.0 Å². The second-order valence-electron chi connectivity index (χ2n) is 5.23. The highest BCUT2D eigenvalue weighted by atomic mass is 32.2. The van der Waals surface area contributed by atoms with Gasteiger partial charge in [-0.1, -0.05) is 17.8 Å². The highest BCUT2D eigenvalue weighted by Gasteiger charge is 2.12. The number of hydrogen-bond acceptors (Lipinski definition) is 7. The molecular formula is C19H17N3O3S. The fourth-order valence-corrected chi connectivity index (χ4v) is 2.92. The molecule has 0 fully saturated rings. The Bertz CT molecular complexity index is 886. The van der Waals surface area contributed by atoms with Crippen LogP contribution in [0.3, 0.4) is 0 Å². The van der Waals surface area contributed by atoms with E-state index >= 15 is 0 Å². The maximum absolute atomic E-state index is 11.4. The van der Waals surface area contributed by atoms with E-state index in [1.165, 1.54) is 18.9 Å². The number of nitrogens with zero attached hydrogens (tertiary/aromatic N) is 3. The summed E-state index contributed by atoms with van der Waals surface area (Å²) in [6, 6.07) is 15.1. The lowest BCUT2D eigenvalue weighted by atomic mass is 10.1. The van der Waals surface area contributed by atoms with Crippen LogP contribution < -0.4 is 4.74 Å². The minimum absolute atomic E-state index is 0.143. The molecule has 1 aromatic carbocycles. The Balaban J connectivity index is 2.00. The Labute approximate surface area is 155 Å². The normalized spacial score (nSPS) is 10.4. The molecule has 7 heteroatoms. The lowest BCUT2D eigenvalue weighted by Gasteiger charge is -2.08. The van der Waals surface area contributed by atoms with Gasteiger partial charge in [0, 0.05) is 11.8 Å². The van der Waals surface area contributed by atoms with E-state index in [4.69, 9.17) is 4.74 Å². The molecule has 0 spiro atoms. The summed E-state index contributed by atoms with van der Waals surface area (Å²) in [5, 5.41) is 0.490. The molecule has 26 heavy (non-hydrogen) atoms. The van der Waals surface area contributed by atoms with Crippen molar-refractivity contribution in [2.24, 2.45) is 0 Å². The molecular weight excluding hydrogens is 350 g/mol. The lowest BCUT2D eigenvalue weighted by Crippen LogP contribution is -2.04. The molecule has 0 saturated heterocycles. The zero-order valence-electron chi connectivity index (χ0n) is 14.4. The highest BCUT2D eigenvalue weighted by Crippen LogP contribution is 2.27. The number of aromatic nitrogens is 3. The van der Waals surface area contributed by atoms with Crippen LogP contribution in [0, 0.1) is 0 Å². The van der Waals surface area contributed by atoms with Gasteiger partial charge in [-0.05, 0) is 42.5 Å². The Morgan fingerprint density at radius 1 is 1.00 bits per heavy atom. The van der Waals surface area contributed by atoms with Gasteiger partial charge in [0.1, 0.15) is 5.75 Å². The number of carbonyl (C=O) groups is 1. The number of esters is 1. The van der Waals surface area contributed by atoms with Crippen molar-refractivity contribution in [3.63, 3.8) is 0 Å². The SMILES string of the molecule is COC(=O)CSc1nc(-c2ccc(OC)cc2)cc(-c2ccccn2)n1. The van der Waals surface area contributed by atoms with Gasteiger partial charge in [-0.25, -0.2) is 9.97 Å². The molecule has 6 nitrogen and oxygen atoms in total. The van der Waals surface area contributed by atoms with Gasteiger partial charge in [-0.2, -0.15) is 0 Å². The van der Waals surface area contributed by atoms with Gasteiger partial charge in [0.05, 0.1) is 37.1 Å². The summed E-state index contributed by atoms with van der Waals surface area (Å²) >= 11 is 1.23. The van der Waals surface area contributed by atoms with Crippen LogP contribution in [-0.2, 0) is 9.53 Å². The smallest absolute Gasteiger partial charge is 0.316 e. The molecule has 0 N–H and O–H groups in total. The summed E-state index contributed by atoms with van der Waals surface area (Å²) in [5.74, 6) is 0.588. The van der Waals surface area contributed by atoms with Crippen LogP contribution >= 0.6 is 11.8 Å². The monoisotopic (exact) mass is 367 g/mol. The second kappa shape index (κ2) is 8.44. The predicted octanol–water partition coefficient (Wildman–Crippen LogP) is 3.48. The topological polar surface area (TPSA) is 74.2 Å². The Hall–Kier alpha value is -2.93. The highest BCUT2D eigenvalue weighted by molar-refractivity contribution is 7.99. The summed E-state index contributed by atoms with van der Waals surface area (Å²) < 4.78 is 9.89. The molecule has 0 saturated carbocycles. The molecule has 0 atom stereocenters. The fraction of sp³-hybridized carbons (Fsp3) is 0.158. The first-order valence-corrected chi connectivity index (χ1v) is 8.82. The molecule has 0 aliphatic heterocycles. The van der Waals surface area contributed by atoms with Crippen LogP contribution in [-0.4, -0.2) is 40.9 Å². The molecule has 2 heterocycles. The van der Waals surface area contributed by atoms with Gasteiger partial charge in [0.25, 0.3) is 0 Å². The van der Waals surface area contributed by atoms with Gasteiger partial charge in [-0.15, -0.1) is 0 Å². The molecule has 0 aliphatic rings. The number of hydrogen-bond donors (Lipinski definition) is 0. The van der Waals surface area contributed by atoms with Crippen molar-refractivity contribution in [3.05, 3.63) is 54.7 Å². The molecule has 2 aromatic heterocycles. The molecule has 0 bridgehead atoms. The first kappa shape index (κ1) is 17.9. The number of carbonyl (C=O) groups excluding carboxylic acids is 1. The minimum atomic E-state index is -0.326. The zero-order chi connectivity index (χ0) is 18.4. The van der Waals surface area contributed by atoms with Gasteiger partial charge >= 0.3 is 5.97 Å². The Morgan fingerprint density at radius 2 is 1.77 bits per heavy atom. The number of thioether (sulfide) groups is 1. The van der Waals surface area contributed by atoms with Crippen molar-refractivity contribution >= 4 is 17.7 Å². The third kappa shape index (κ3) is 4.37. The van der Waals surface area contributed by atoms with Gasteiger partial charge in [-0.3, -0.25) is 9.78 Å². The van der Waals surface area contributed by atoms with Crippen molar-refractivity contribution in [1.82, 2.24) is 15.0 Å². The van der Waals surface area contributed by atoms with E-state index in [1.807, 2.05) is 48.5 Å². The van der Waals surface area contributed by atoms with E-state index in [1.54, 1.807) is 13.3 Å². The van der Waals surface area contributed by atoms with Gasteiger partial charge in [0.2, 0.25) is 0 Å². The van der Waals surface area contributed by atoms with Crippen LogP contribution in [0.2, 0.25) is 0 Å². The summed E-state index contributed by atoms with van der Waals surface area (Å²) in [4.78, 5) is 24.9. The van der Waals surface area contributed by atoms with Crippen LogP contribution in [0.5, 0.6) is 5.75 Å². The number of ether oxygens (including phenoxy) is 2. The first-order valence-electron chi connectivity index (χ1n) is 7.84. The van der Waals surface area contributed by atoms with Crippen LogP contribution in [0.4, 0.5) is 0 Å². The van der Waals surface area contributed by atoms with Crippen molar-refractivity contribution < 1.29 is 14.3 Å². The molecule has 0 unspecified atom stereocenters. The Kier molecular flexibility index (Phi) is 5.80. The van der Waals surface area contributed by atoms with E-state index in [0.29, 0.717) is 10.9 Å². The summed E-state index contributed by atoms with van der Waals surface area (Å²) in [6.07, 6.45) is 1.71. The second-order valence-corrected chi connectivity index (χ2v) is 6.17. The zero-order valence-corrected chi connectivity index (χ0v) is 15.2. The number of benzene rings is 1. The Morgan fingerprint density at radius 3 is 2.42 bits per heavy atom. The molecule has 0 aliphatic carbocycles. The average Bonchev–Trinajstić information content (AvgIpc) is 2.72. The van der Waals surface area contributed by atoms with Crippen molar-refractivity contribution in [1.29, 1.82) is 0 Å². The van der Waals surface area contributed by atoms with Crippen LogP contribution in [0.1, 0.15) is 0 Å². The number of pyridine rings is 1. The molecule has 3 aromatic rings. The number of rotatable bonds is 6. The average molecular weight is 367 g/mol. The van der Waals surface area contributed by atoms with E-state index in [0.717, 1.165) is 22.7 Å². The van der Waals surface area contributed by atoms with E-state index in [2.05, 4.69) is 19.7 Å². The van der Waals surface area contributed by atoms with E-state index < -0.39 is 0 Å². The van der Waals surface area contributed by atoms with E-state index in [-0.39, 0.29) is 11.7 Å². The van der Waals surface area contributed by atoms with Crippen LogP contribution in [0.25, 0.3) is 22.6 Å². The maximum Gasteiger partial charge on any atom is 0.316 e. The van der Waals surface area contributed by atoms with Gasteiger partial charge in [0.15, 0.2) is 5.16 Å². The van der Waals surface area contributed by atoms with Crippen molar-refractivity contribution in [2.45, 2.75) is 5.16 Å². The number of methoxy groups -OCH3 is 2. The van der Waals surface area contributed by atoms with Crippen LogP contribution in [0.15, 0.2) is 59.9 Å². The first-order chi connectivity index (χ1) is 12.7. The standard InChI is InChI=1S/C19H17N3O3S/c1-24-14-8-6-13(7-9-14)16-11-17(15-5-3-4-10-20-15)22-19(21-16)26-12-18(23)25-2/h3-11H,12H2,1-2H3. The summed E-state index contributed by atoms with van der Waals surface area (Å²) in [6.45, 7) is 0. The van der Waals surface area contributed by atoms with E-state index in [9.17, 15) is 4.79 Å². The quantitative estimate of drug-likeness (QED) is 0.375. The molecule has 0 radical (unpaired) electrons. The lowest BCUT2D eigenvalue weighted by molar-refractivity contribution is -0.137. The largest absolute Gasteiger partial charge is 0.497 e. The molecule has 0 amide bonds. The predicted molar refractivity (Wildman–Crippen MR) is 100.0 cm³/mol. The minimum Gasteiger partial charge on any atom is -0.497 e. The summed E-state index contributed by atoms with van der Waals surface area (Å²) in [7, 11) is 2.98. The molecule has 3 rings (SSSR count). The van der Waals surface area contributed by atoms with Crippen molar-refractivity contribution in [3.8, 4) is 28.4 Å². The summed E-state index contributed by atoms with van der Waals surface area (Å²) in [5.41, 5.74) is 3.10. The third-order valence-corrected chi connectivity index (χ3v) is 4.39. The van der Waals surface area contributed by atoms with Gasteiger partial charge < -0.3 is 9.47 Å². The molecule has 132 valence electrons. The fourth-order valence-electron chi connectivity index (χ4n) is 2.23. The maximum atomic E-state index is 11.4. The third-order valence-electron chi connectivity index (χ3n) is 3.57.